The van der Waals surface area contributed by atoms with Crippen LogP contribution in [0.2, 0.25) is 5.02 Å². The third-order valence-electron chi connectivity index (χ3n) is 5.77. The molecule has 36 heavy (non-hydrogen) atoms. The third-order valence-corrected chi connectivity index (χ3v) is 7.03. The second-order valence-electron chi connectivity index (χ2n) is 8.30. The maximum Gasteiger partial charge on any atom is 0.266 e. The number of benzene rings is 3. The maximum atomic E-state index is 13.3. The lowest BCUT2D eigenvalue weighted by Gasteiger charge is -2.13. The van der Waals surface area contributed by atoms with E-state index in [0.717, 1.165) is 29.9 Å². The number of ether oxygens (including phenoxy) is 2. The Morgan fingerprint density at radius 2 is 1.89 bits per heavy atom. The number of para-hydroxylation sites is 1. The predicted octanol–water partition coefficient (Wildman–Crippen LogP) is 5.35. The predicted molar refractivity (Wildman–Crippen MR) is 141 cm³/mol. The van der Waals surface area contributed by atoms with Gasteiger partial charge in [-0.3, -0.25) is 14.2 Å². The number of nitrogens with zero attached hydrogens (tertiary/aromatic N) is 2. The third kappa shape index (κ3) is 5.50. The van der Waals surface area contributed by atoms with Crippen LogP contribution in [0.3, 0.4) is 0 Å². The average molecular weight is 522 g/mol. The van der Waals surface area contributed by atoms with Gasteiger partial charge >= 0.3 is 0 Å². The highest BCUT2D eigenvalue weighted by Crippen LogP contribution is 2.32. The SMILES string of the molecule is O=C(CCCCSc1nc2ccccc2c(=O)n1-c1cccc(Cl)c1)NCc1ccc2c(c1)OCO2. The fourth-order valence-electron chi connectivity index (χ4n) is 3.94. The summed E-state index contributed by atoms with van der Waals surface area (Å²) in [6.45, 7) is 0.671. The van der Waals surface area contributed by atoms with Crippen molar-refractivity contribution in [3.05, 3.63) is 87.7 Å². The molecule has 1 amide bonds. The van der Waals surface area contributed by atoms with Crippen molar-refractivity contribution < 1.29 is 14.3 Å². The fourth-order valence-corrected chi connectivity index (χ4v) is 5.14. The molecule has 1 aliphatic rings. The van der Waals surface area contributed by atoms with Gasteiger partial charge in [0.25, 0.3) is 5.56 Å². The summed E-state index contributed by atoms with van der Waals surface area (Å²) >= 11 is 7.69. The molecule has 0 radical (unpaired) electrons. The number of amides is 1. The van der Waals surface area contributed by atoms with Crippen molar-refractivity contribution in [1.29, 1.82) is 0 Å². The Labute approximate surface area is 217 Å². The van der Waals surface area contributed by atoms with Crippen LogP contribution >= 0.6 is 23.4 Å². The number of halogens is 1. The number of hydrogen-bond acceptors (Lipinski definition) is 6. The first-order valence-electron chi connectivity index (χ1n) is 11.6. The molecule has 0 aliphatic carbocycles. The van der Waals surface area contributed by atoms with E-state index >= 15 is 0 Å². The molecule has 0 spiro atoms. The molecule has 0 saturated heterocycles. The largest absolute Gasteiger partial charge is 0.454 e. The number of nitrogens with one attached hydrogen (secondary N) is 1. The van der Waals surface area contributed by atoms with Crippen LogP contribution in [-0.4, -0.2) is 28.0 Å². The lowest BCUT2D eigenvalue weighted by molar-refractivity contribution is -0.121. The number of aromatic nitrogens is 2. The van der Waals surface area contributed by atoms with E-state index in [-0.39, 0.29) is 18.3 Å². The second kappa shape index (κ2) is 11.1. The molecule has 7 nitrogen and oxygen atoms in total. The Kier molecular flexibility index (Phi) is 7.44. The van der Waals surface area contributed by atoms with Gasteiger partial charge in [0, 0.05) is 23.7 Å². The zero-order valence-corrected chi connectivity index (χ0v) is 21.0. The van der Waals surface area contributed by atoms with E-state index in [1.54, 1.807) is 22.8 Å². The fraction of sp³-hybridized carbons (Fsp3) is 0.222. The highest BCUT2D eigenvalue weighted by Gasteiger charge is 2.15. The molecule has 1 aromatic heterocycles. The zero-order chi connectivity index (χ0) is 24.9. The molecular weight excluding hydrogens is 498 g/mol. The van der Waals surface area contributed by atoms with Crippen molar-refractivity contribution >= 4 is 40.2 Å². The Morgan fingerprint density at radius 3 is 2.78 bits per heavy atom. The Balaban J connectivity index is 1.18. The highest BCUT2D eigenvalue weighted by molar-refractivity contribution is 7.99. The van der Waals surface area contributed by atoms with Crippen molar-refractivity contribution in [2.24, 2.45) is 0 Å². The summed E-state index contributed by atoms with van der Waals surface area (Å²) in [6, 6.07) is 20.2. The van der Waals surface area contributed by atoms with Gasteiger partial charge in [-0.2, -0.15) is 0 Å². The molecular formula is C27H24ClN3O4S. The lowest BCUT2D eigenvalue weighted by atomic mass is 10.2. The van der Waals surface area contributed by atoms with Gasteiger partial charge < -0.3 is 14.8 Å². The first-order chi connectivity index (χ1) is 17.6. The summed E-state index contributed by atoms with van der Waals surface area (Å²) in [5.41, 5.74) is 2.17. The van der Waals surface area contributed by atoms with Crippen LogP contribution in [0.15, 0.2) is 76.7 Å². The van der Waals surface area contributed by atoms with Gasteiger partial charge in [-0.25, -0.2) is 4.98 Å². The Morgan fingerprint density at radius 1 is 1.03 bits per heavy atom. The molecule has 184 valence electrons. The first kappa shape index (κ1) is 24.2. The van der Waals surface area contributed by atoms with Gasteiger partial charge in [0.15, 0.2) is 16.7 Å². The minimum absolute atomic E-state index is 0.00247. The monoisotopic (exact) mass is 521 g/mol. The van der Waals surface area contributed by atoms with Gasteiger partial charge in [0.1, 0.15) is 0 Å². The standard InChI is InChI=1S/C27H24ClN3O4S/c28-19-6-5-7-20(15-19)31-26(33)21-8-1-2-9-22(21)30-27(31)36-13-4-3-10-25(32)29-16-18-11-12-23-24(14-18)35-17-34-23/h1-2,5-9,11-12,14-15H,3-4,10,13,16-17H2,(H,29,32). The van der Waals surface area contributed by atoms with Crippen molar-refractivity contribution in [2.75, 3.05) is 12.5 Å². The molecule has 1 aliphatic heterocycles. The summed E-state index contributed by atoms with van der Waals surface area (Å²) in [5.74, 6) is 2.15. The number of fused-ring (bicyclic) bond motifs is 2. The molecule has 0 saturated carbocycles. The van der Waals surface area contributed by atoms with Crippen LogP contribution in [0.1, 0.15) is 24.8 Å². The molecule has 5 rings (SSSR count). The van der Waals surface area contributed by atoms with Crippen LogP contribution in [0.25, 0.3) is 16.6 Å². The molecule has 2 heterocycles. The smallest absolute Gasteiger partial charge is 0.266 e. The highest BCUT2D eigenvalue weighted by atomic mass is 35.5. The summed E-state index contributed by atoms with van der Waals surface area (Å²) < 4.78 is 12.3. The minimum atomic E-state index is -0.131. The van der Waals surface area contributed by atoms with E-state index in [2.05, 4.69) is 5.32 Å². The van der Waals surface area contributed by atoms with E-state index < -0.39 is 0 Å². The summed E-state index contributed by atoms with van der Waals surface area (Å²) in [7, 11) is 0. The Hall–Kier alpha value is -3.49. The van der Waals surface area contributed by atoms with Crippen molar-refractivity contribution in [2.45, 2.75) is 31.0 Å². The topological polar surface area (TPSA) is 82.5 Å². The van der Waals surface area contributed by atoms with E-state index in [9.17, 15) is 9.59 Å². The van der Waals surface area contributed by atoms with E-state index in [4.69, 9.17) is 26.1 Å². The molecule has 9 heteroatoms. The maximum absolute atomic E-state index is 13.3. The van der Waals surface area contributed by atoms with Crippen LogP contribution in [0.5, 0.6) is 11.5 Å². The zero-order valence-electron chi connectivity index (χ0n) is 19.4. The molecule has 1 N–H and O–H groups in total. The van der Waals surface area contributed by atoms with Crippen LogP contribution in [-0.2, 0) is 11.3 Å². The summed E-state index contributed by atoms with van der Waals surface area (Å²) in [6.07, 6.45) is 1.96. The first-order valence-corrected chi connectivity index (χ1v) is 13.0. The van der Waals surface area contributed by atoms with E-state index in [1.807, 2.05) is 48.5 Å². The van der Waals surface area contributed by atoms with Gasteiger partial charge in [0.05, 0.1) is 16.6 Å². The minimum Gasteiger partial charge on any atom is -0.454 e. The molecule has 0 bridgehead atoms. The van der Waals surface area contributed by atoms with Gasteiger partial charge in [0.2, 0.25) is 12.7 Å². The number of thioether (sulfide) groups is 1. The van der Waals surface area contributed by atoms with Crippen molar-refractivity contribution in [3.8, 4) is 17.2 Å². The quantitative estimate of drug-likeness (QED) is 0.182. The van der Waals surface area contributed by atoms with Crippen LogP contribution in [0.4, 0.5) is 0 Å². The molecule has 0 unspecified atom stereocenters. The van der Waals surface area contributed by atoms with Gasteiger partial charge in [-0.15, -0.1) is 0 Å². The number of rotatable bonds is 9. The number of unbranched alkanes of at least 4 members (excludes halogenated alkanes) is 1. The van der Waals surface area contributed by atoms with Gasteiger partial charge in [-0.05, 0) is 60.9 Å². The van der Waals surface area contributed by atoms with Crippen molar-refractivity contribution in [3.63, 3.8) is 0 Å². The second-order valence-corrected chi connectivity index (χ2v) is 9.80. The summed E-state index contributed by atoms with van der Waals surface area (Å²) in [4.78, 5) is 30.3. The van der Waals surface area contributed by atoms with Gasteiger partial charge in [-0.1, -0.05) is 47.6 Å². The van der Waals surface area contributed by atoms with Crippen molar-refractivity contribution in [1.82, 2.24) is 14.9 Å². The molecule has 4 aromatic rings. The molecule has 0 atom stereocenters. The summed E-state index contributed by atoms with van der Waals surface area (Å²) in [5, 5.41) is 4.66. The number of hydrogen-bond donors (Lipinski definition) is 1. The van der Waals surface area contributed by atoms with Crippen LogP contribution < -0.4 is 20.3 Å². The lowest BCUT2D eigenvalue weighted by Crippen LogP contribution is -2.22. The molecule has 0 fully saturated rings. The number of carbonyl (C=O) groups is 1. The number of carbonyl (C=O) groups excluding carboxylic acids is 1. The van der Waals surface area contributed by atoms with Crippen LogP contribution in [0, 0.1) is 0 Å². The van der Waals surface area contributed by atoms with E-state index in [0.29, 0.717) is 45.5 Å². The normalized spacial score (nSPS) is 12.1. The van der Waals surface area contributed by atoms with E-state index in [1.165, 1.54) is 11.8 Å². The average Bonchev–Trinajstić information content (AvgIpc) is 3.35. The Bertz CT molecular complexity index is 1470. The molecule has 3 aromatic carbocycles.